The highest BCUT2D eigenvalue weighted by molar-refractivity contribution is 5.58. The number of rotatable bonds is 10. The van der Waals surface area contributed by atoms with Gasteiger partial charge in [0.15, 0.2) is 22.9 Å². The molecule has 0 unspecified atom stereocenters. The van der Waals surface area contributed by atoms with E-state index in [1.165, 1.54) is 0 Å². The van der Waals surface area contributed by atoms with Crippen LogP contribution in [0.3, 0.4) is 0 Å². The Hall–Kier alpha value is -4.48. The van der Waals surface area contributed by atoms with Crippen molar-refractivity contribution >= 4 is 11.6 Å². The van der Waals surface area contributed by atoms with Crippen LogP contribution in [-0.4, -0.2) is 74.8 Å². The van der Waals surface area contributed by atoms with Gasteiger partial charge < -0.3 is 19.2 Å². The summed E-state index contributed by atoms with van der Waals surface area (Å²) in [6.07, 6.45) is 5.37. The molecule has 1 aliphatic heterocycles. The number of methoxy groups -OCH3 is 2. The summed E-state index contributed by atoms with van der Waals surface area (Å²) >= 11 is 0. The monoisotopic (exact) mass is 540 g/mol. The molecule has 1 N–H and O–H groups in total. The summed E-state index contributed by atoms with van der Waals surface area (Å²) in [5, 5.41) is 8.16. The van der Waals surface area contributed by atoms with Crippen molar-refractivity contribution in [1.29, 1.82) is 0 Å². The summed E-state index contributed by atoms with van der Waals surface area (Å²) in [5.74, 6) is 3.10. The van der Waals surface area contributed by atoms with E-state index in [9.17, 15) is 0 Å². The molecule has 0 bridgehead atoms. The van der Waals surface area contributed by atoms with Crippen LogP contribution in [0, 0.1) is 0 Å². The minimum Gasteiger partial charge on any atom is -0.493 e. The van der Waals surface area contributed by atoms with Gasteiger partial charge in [-0.1, -0.05) is 12.1 Å². The number of nitrogens with zero attached hydrogens (tertiary/aromatic N) is 7. The molecule has 1 saturated heterocycles. The van der Waals surface area contributed by atoms with Gasteiger partial charge in [-0.25, -0.2) is 9.97 Å². The number of piperazine rings is 1. The predicted molar refractivity (Wildman–Crippen MR) is 150 cm³/mol. The topological polar surface area (TPSA) is 106 Å². The number of benzene rings is 1. The molecule has 5 heterocycles. The molecule has 0 amide bonds. The van der Waals surface area contributed by atoms with E-state index < -0.39 is 0 Å². The average molecular weight is 541 g/mol. The molecule has 6 rings (SSSR count). The number of hydrogen-bond acceptors (Lipinski definition) is 10. The summed E-state index contributed by atoms with van der Waals surface area (Å²) in [6, 6.07) is 15.6. The highest BCUT2D eigenvalue weighted by Crippen LogP contribution is 2.28. The molecule has 1 aliphatic rings. The normalized spacial score (nSPS) is 14.4. The quantitative estimate of drug-likeness (QED) is 0.282. The number of anilines is 1. The Kier molecular flexibility index (Phi) is 7.56. The Morgan fingerprint density at radius 1 is 0.900 bits per heavy atom. The van der Waals surface area contributed by atoms with Crippen LogP contribution in [0.1, 0.15) is 16.8 Å². The maximum absolute atomic E-state index is 5.59. The van der Waals surface area contributed by atoms with E-state index in [4.69, 9.17) is 29.0 Å². The molecule has 5 aromatic rings. The maximum Gasteiger partial charge on any atom is 0.226 e. The third-order valence-corrected chi connectivity index (χ3v) is 7.05. The largest absolute Gasteiger partial charge is 0.493 e. The molecule has 40 heavy (non-hydrogen) atoms. The van der Waals surface area contributed by atoms with E-state index in [0.717, 1.165) is 61.7 Å². The minimum atomic E-state index is 0.522. The Morgan fingerprint density at radius 2 is 1.73 bits per heavy atom. The molecule has 11 nitrogen and oxygen atoms in total. The standard InChI is InChI=1S/C29H32N8O3/c1-38-24-9-8-21(16-26(24)39-2)17-31-29-32-18-22(28-33-27(34-37(28)29)25-7-5-15-40-25)19-35-11-13-36(14-12-35)20-23-6-3-4-10-30-23/h3-10,15-16,18H,11-14,17,19-20H2,1-2H3,(H,31,32). The third-order valence-electron chi connectivity index (χ3n) is 7.05. The van der Waals surface area contributed by atoms with Gasteiger partial charge >= 0.3 is 0 Å². The van der Waals surface area contributed by atoms with E-state index in [-0.39, 0.29) is 0 Å². The van der Waals surface area contributed by atoms with Gasteiger partial charge in [0, 0.05) is 63.8 Å². The lowest BCUT2D eigenvalue weighted by Gasteiger charge is -2.34. The lowest BCUT2D eigenvalue weighted by Crippen LogP contribution is -2.45. The van der Waals surface area contributed by atoms with Gasteiger partial charge in [0.1, 0.15) is 0 Å². The van der Waals surface area contributed by atoms with Crippen molar-refractivity contribution in [3.63, 3.8) is 0 Å². The Morgan fingerprint density at radius 3 is 2.45 bits per heavy atom. The van der Waals surface area contributed by atoms with Gasteiger partial charge in [0.25, 0.3) is 0 Å². The van der Waals surface area contributed by atoms with Crippen LogP contribution in [0.15, 0.2) is 71.6 Å². The van der Waals surface area contributed by atoms with Crippen molar-refractivity contribution in [2.45, 2.75) is 19.6 Å². The van der Waals surface area contributed by atoms with Crippen LogP contribution in [0.2, 0.25) is 0 Å². The van der Waals surface area contributed by atoms with Crippen LogP contribution < -0.4 is 14.8 Å². The molecule has 11 heteroatoms. The molecular weight excluding hydrogens is 508 g/mol. The van der Waals surface area contributed by atoms with Crippen molar-refractivity contribution in [3.05, 3.63) is 84.0 Å². The number of ether oxygens (including phenoxy) is 2. The first kappa shape index (κ1) is 25.8. The third kappa shape index (κ3) is 5.61. The Balaban J connectivity index is 1.20. The molecule has 4 aromatic heterocycles. The van der Waals surface area contributed by atoms with Gasteiger partial charge in [-0.05, 0) is 42.0 Å². The fourth-order valence-electron chi connectivity index (χ4n) is 4.90. The zero-order valence-electron chi connectivity index (χ0n) is 22.7. The van der Waals surface area contributed by atoms with Crippen LogP contribution in [0.5, 0.6) is 11.5 Å². The molecule has 0 aliphatic carbocycles. The van der Waals surface area contributed by atoms with Gasteiger partial charge in [-0.2, -0.15) is 4.52 Å². The first-order valence-corrected chi connectivity index (χ1v) is 13.3. The molecule has 0 saturated carbocycles. The van der Waals surface area contributed by atoms with Crippen molar-refractivity contribution in [1.82, 2.24) is 34.4 Å². The van der Waals surface area contributed by atoms with E-state index in [2.05, 4.69) is 26.2 Å². The highest BCUT2D eigenvalue weighted by atomic mass is 16.5. The van der Waals surface area contributed by atoms with E-state index in [1.54, 1.807) is 25.0 Å². The molecule has 1 fully saturated rings. The molecule has 1 aromatic carbocycles. The molecule has 0 spiro atoms. The second kappa shape index (κ2) is 11.7. The van der Waals surface area contributed by atoms with Gasteiger partial charge in [0.05, 0.1) is 26.2 Å². The molecule has 0 atom stereocenters. The van der Waals surface area contributed by atoms with E-state index in [0.29, 0.717) is 35.6 Å². The highest BCUT2D eigenvalue weighted by Gasteiger charge is 2.21. The minimum absolute atomic E-state index is 0.522. The SMILES string of the molecule is COc1ccc(CNc2ncc(CN3CCN(Cc4ccccn4)CC3)c3nc(-c4ccco4)nn23)cc1OC. The Bertz CT molecular complexity index is 1550. The predicted octanol–water partition coefficient (Wildman–Crippen LogP) is 3.73. The first-order valence-electron chi connectivity index (χ1n) is 13.3. The van der Waals surface area contributed by atoms with Crippen LogP contribution in [0.25, 0.3) is 17.2 Å². The number of nitrogens with one attached hydrogen (secondary N) is 1. The summed E-state index contributed by atoms with van der Waals surface area (Å²) in [4.78, 5) is 18.9. The van der Waals surface area contributed by atoms with Gasteiger partial charge in [0.2, 0.25) is 11.8 Å². The van der Waals surface area contributed by atoms with Crippen molar-refractivity contribution in [2.24, 2.45) is 0 Å². The maximum atomic E-state index is 5.59. The van der Waals surface area contributed by atoms with Crippen LogP contribution >= 0.6 is 0 Å². The second-order valence-electron chi connectivity index (χ2n) is 9.67. The van der Waals surface area contributed by atoms with Crippen molar-refractivity contribution in [3.8, 4) is 23.1 Å². The molecule has 206 valence electrons. The summed E-state index contributed by atoms with van der Waals surface area (Å²) in [7, 11) is 3.26. The fraction of sp³-hybridized carbons (Fsp3) is 0.310. The summed E-state index contributed by atoms with van der Waals surface area (Å²) in [5.41, 5.74) is 3.89. The van der Waals surface area contributed by atoms with Crippen molar-refractivity contribution in [2.75, 3.05) is 45.7 Å². The lowest BCUT2D eigenvalue weighted by atomic mass is 10.2. The summed E-state index contributed by atoms with van der Waals surface area (Å²) < 4.78 is 18.2. The zero-order chi connectivity index (χ0) is 27.3. The number of aromatic nitrogens is 5. The first-order chi connectivity index (χ1) is 19.7. The second-order valence-corrected chi connectivity index (χ2v) is 9.67. The Labute approximate surface area is 232 Å². The van der Waals surface area contributed by atoms with E-state index in [1.807, 2.05) is 54.9 Å². The average Bonchev–Trinajstić information content (AvgIpc) is 3.69. The smallest absolute Gasteiger partial charge is 0.226 e. The summed E-state index contributed by atoms with van der Waals surface area (Å²) in [6.45, 7) is 6.01. The van der Waals surface area contributed by atoms with Crippen molar-refractivity contribution < 1.29 is 13.9 Å². The fourth-order valence-corrected chi connectivity index (χ4v) is 4.90. The van der Waals surface area contributed by atoms with Gasteiger partial charge in [-0.3, -0.25) is 14.8 Å². The van der Waals surface area contributed by atoms with E-state index >= 15 is 0 Å². The number of fused-ring (bicyclic) bond motifs is 1. The molecule has 0 radical (unpaired) electrons. The number of hydrogen-bond donors (Lipinski definition) is 1. The van der Waals surface area contributed by atoms with Gasteiger partial charge in [-0.15, -0.1) is 5.10 Å². The molecular formula is C29H32N8O3. The number of pyridine rings is 1. The zero-order valence-corrected chi connectivity index (χ0v) is 22.7. The van der Waals surface area contributed by atoms with Crippen LogP contribution in [-0.2, 0) is 19.6 Å². The van der Waals surface area contributed by atoms with Crippen LogP contribution in [0.4, 0.5) is 5.95 Å². The number of furan rings is 1. The lowest BCUT2D eigenvalue weighted by molar-refractivity contribution is 0.121.